The van der Waals surface area contributed by atoms with Crippen LogP contribution in [0.15, 0.2) is 24.3 Å². The van der Waals surface area contributed by atoms with Gasteiger partial charge in [0.1, 0.15) is 6.10 Å². The lowest BCUT2D eigenvalue weighted by atomic mass is 10.4. The Bertz CT molecular complexity index is 168. The van der Waals surface area contributed by atoms with Crippen molar-refractivity contribution in [1.29, 1.82) is 0 Å². The van der Waals surface area contributed by atoms with Crippen LogP contribution in [0.3, 0.4) is 0 Å². The van der Waals surface area contributed by atoms with E-state index in [0.29, 0.717) is 6.42 Å². The fraction of sp³-hybridized carbons (Fsp3) is 0.375. The zero-order chi connectivity index (χ0) is 7.40. The molecule has 0 atom stereocenters. The van der Waals surface area contributed by atoms with Crippen LogP contribution in [0.2, 0.25) is 0 Å². The van der Waals surface area contributed by atoms with Crippen molar-refractivity contribution < 1.29 is 9.53 Å². The van der Waals surface area contributed by atoms with Gasteiger partial charge in [0.05, 0.1) is 0 Å². The monoisotopic (exact) mass is 138 g/mol. The van der Waals surface area contributed by atoms with Crippen LogP contribution in [0.25, 0.3) is 0 Å². The zero-order valence-electron chi connectivity index (χ0n) is 5.91. The van der Waals surface area contributed by atoms with E-state index in [9.17, 15) is 4.79 Å². The zero-order valence-corrected chi connectivity index (χ0v) is 5.91. The molecule has 0 aliphatic heterocycles. The first-order valence-electron chi connectivity index (χ1n) is 3.37. The van der Waals surface area contributed by atoms with Gasteiger partial charge in [-0.05, 0) is 12.2 Å². The molecule has 0 amide bonds. The van der Waals surface area contributed by atoms with Crippen LogP contribution >= 0.6 is 0 Å². The average Bonchev–Trinajstić information content (AvgIpc) is 2.40. The Morgan fingerprint density at radius 1 is 1.50 bits per heavy atom. The van der Waals surface area contributed by atoms with E-state index in [1.165, 1.54) is 0 Å². The molecule has 0 saturated heterocycles. The van der Waals surface area contributed by atoms with Crippen molar-refractivity contribution in [3.8, 4) is 0 Å². The molecule has 0 bridgehead atoms. The quantitative estimate of drug-likeness (QED) is 0.539. The Morgan fingerprint density at radius 3 is 2.60 bits per heavy atom. The van der Waals surface area contributed by atoms with Crippen LogP contribution in [0.1, 0.15) is 13.3 Å². The van der Waals surface area contributed by atoms with Gasteiger partial charge in [-0.25, -0.2) is 0 Å². The van der Waals surface area contributed by atoms with Gasteiger partial charge in [-0.3, -0.25) is 4.79 Å². The summed E-state index contributed by atoms with van der Waals surface area (Å²) in [7, 11) is 0. The van der Waals surface area contributed by atoms with Gasteiger partial charge in [0.15, 0.2) is 0 Å². The first kappa shape index (κ1) is 7.06. The second-order valence-electron chi connectivity index (χ2n) is 2.08. The fourth-order valence-electron chi connectivity index (χ4n) is 0.725. The van der Waals surface area contributed by atoms with Gasteiger partial charge in [0.25, 0.3) is 0 Å². The summed E-state index contributed by atoms with van der Waals surface area (Å²) in [5.41, 5.74) is 0. The summed E-state index contributed by atoms with van der Waals surface area (Å²) in [4.78, 5) is 10.7. The molecule has 0 radical (unpaired) electrons. The predicted octanol–water partition coefficient (Wildman–Crippen LogP) is 1.43. The lowest BCUT2D eigenvalue weighted by Crippen LogP contribution is -2.10. The largest absolute Gasteiger partial charge is 0.454 e. The van der Waals surface area contributed by atoms with E-state index < -0.39 is 0 Å². The van der Waals surface area contributed by atoms with Gasteiger partial charge >= 0.3 is 5.97 Å². The molecule has 1 aliphatic carbocycles. The van der Waals surface area contributed by atoms with Crippen LogP contribution < -0.4 is 0 Å². The van der Waals surface area contributed by atoms with Gasteiger partial charge in [-0.1, -0.05) is 19.1 Å². The molecule has 54 valence electrons. The molecule has 0 aromatic carbocycles. The highest BCUT2D eigenvalue weighted by Crippen LogP contribution is 2.04. The molecular weight excluding hydrogens is 128 g/mol. The SMILES string of the molecule is CCC(=O)OC1C=CC=C1. The molecular formula is C8H10O2. The first-order valence-corrected chi connectivity index (χ1v) is 3.37. The van der Waals surface area contributed by atoms with E-state index in [1.54, 1.807) is 6.92 Å². The maximum Gasteiger partial charge on any atom is 0.306 e. The number of ether oxygens (including phenoxy) is 1. The summed E-state index contributed by atoms with van der Waals surface area (Å²) in [6.45, 7) is 1.78. The summed E-state index contributed by atoms with van der Waals surface area (Å²) in [6, 6.07) is 0. The number of esters is 1. The Hall–Kier alpha value is -1.05. The standard InChI is InChI=1S/C8H10O2/c1-2-8(9)10-7-5-3-4-6-7/h3-7H,2H2,1H3. The van der Waals surface area contributed by atoms with Crippen LogP contribution in [0.4, 0.5) is 0 Å². The third-order valence-electron chi connectivity index (χ3n) is 1.27. The first-order chi connectivity index (χ1) is 4.83. The molecule has 0 unspecified atom stereocenters. The lowest BCUT2D eigenvalue weighted by Gasteiger charge is -2.05. The van der Waals surface area contributed by atoms with Crippen molar-refractivity contribution in [2.75, 3.05) is 0 Å². The number of hydrogen-bond donors (Lipinski definition) is 0. The molecule has 1 rings (SSSR count). The van der Waals surface area contributed by atoms with Crippen LogP contribution in [0.5, 0.6) is 0 Å². The Morgan fingerprint density at radius 2 is 2.10 bits per heavy atom. The molecule has 10 heavy (non-hydrogen) atoms. The normalized spacial score (nSPS) is 16.1. The maximum absolute atomic E-state index is 10.7. The summed E-state index contributed by atoms with van der Waals surface area (Å²) in [5.74, 6) is -0.152. The molecule has 0 spiro atoms. The maximum atomic E-state index is 10.7. The van der Waals surface area contributed by atoms with E-state index >= 15 is 0 Å². The highest BCUT2D eigenvalue weighted by Gasteiger charge is 2.07. The van der Waals surface area contributed by atoms with Gasteiger partial charge in [-0.15, -0.1) is 0 Å². The molecule has 0 N–H and O–H groups in total. The number of rotatable bonds is 2. The molecule has 0 fully saturated rings. The molecule has 0 saturated carbocycles. The van der Waals surface area contributed by atoms with Crippen molar-refractivity contribution in [2.24, 2.45) is 0 Å². The van der Waals surface area contributed by atoms with Crippen molar-refractivity contribution in [1.82, 2.24) is 0 Å². The third kappa shape index (κ3) is 1.72. The lowest BCUT2D eigenvalue weighted by molar-refractivity contribution is -0.144. The highest BCUT2D eigenvalue weighted by atomic mass is 16.5. The number of carbonyl (C=O) groups excluding carboxylic acids is 1. The van der Waals surface area contributed by atoms with E-state index in [-0.39, 0.29) is 12.1 Å². The molecule has 0 aromatic rings. The van der Waals surface area contributed by atoms with Crippen molar-refractivity contribution >= 4 is 5.97 Å². The molecule has 1 aliphatic rings. The fourth-order valence-corrected chi connectivity index (χ4v) is 0.725. The number of allylic oxidation sites excluding steroid dienone is 2. The van der Waals surface area contributed by atoms with Crippen molar-refractivity contribution in [3.63, 3.8) is 0 Å². The number of hydrogen-bond acceptors (Lipinski definition) is 2. The molecule has 0 aromatic heterocycles. The predicted molar refractivity (Wildman–Crippen MR) is 38.5 cm³/mol. The van der Waals surface area contributed by atoms with E-state index in [0.717, 1.165) is 0 Å². The third-order valence-corrected chi connectivity index (χ3v) is 1.27. The average molecular weight is 138 g/mol. The summed E-state index contributed by atoms with van der Waals surface area (Å²) in [6.07, 6.45) is 7.74. The summed E-state index contributed by atoms with van der Waals surface area (Å²) < 4.78 is 4.95. The van der Waals surface area contributed by atoms with Gasteiger partial charge in [0, 0.05) is 6.42 Å². The minimum atomic E-state index is -0.152. The highest BCUT2D eigenvalue weighted by molar-refractivity contribution is 5.69. The van der Waals surface area contributed by atoms with E-state index in [2.05, 4.69) is 0 Å². The second kappa shape index (κ2) is 3.20. The Kier molecular flexibility index (Phi) is 2.26. The number of carbonyl (C=O) groups is 1. The van der Waals surface area contributed by atoms with Gasteiger partial charge in [0.2, 0.25) is 0 Å². The van der Waals surface area contributed by atoms with E-state index in [4.69, 9.17) is 4.74 Å². The minimum absolute atomic E-state index is 0.118. The van der Waals surface area contributed by atoms with Crippen LogP contribution in [-0.4, -0.2) is 12.1 Å². The molecule has 2 heteroatoms. The van der Waals surface area contributed by atoms with Crippen molar-refractivity contribution in [3.05, 3.63) is 24.3 Å². The topological polar surface area (TPSA) is 26.3 Å². The van der Waals surface area contributed by atoms with Crippen LogP contribution in [-0.2, 0) is 9.53 Å². The summed E-state index contributed by atoms with van der Waals surface area (Å²) in [5, 5.41) is 0. The smallest absolute Gasteiger partial charge is 0.306 e. The molecule has 2 nitrogen and oxygen atoms in total. The van der Waals surface area contributed by atoms with Crippen LogP contribution in [0, 0.1) is 0 Å². The van der Waals surface area contributed by atoms with Crippen molar-refractivity contribution in [2.45, 2.75) is 19.4 Å². The Balaban J connectivity index is 2.32. The minimum Gasteiger partial charge on any atom is -0.454 e. The second-order valence-corrected chi connectivity index (χ2v) is 2.08. The Labute approximate surface area is 60.2 Å². The van der Waals surface area contributed by atoms with Gasteiger partial charge < -0.3 is 4.74 Å². The molecule has 0 heterocycles. The summed E-state index contributed by atoms with van der Waals surface area (Å²) >= 11 is 0. The van der Waals surface area contributed by atoms with Gasteiger partial charge in [-0.2, -0.15) is 0 Å². The van der Waals surface area contributed by atoms with E-state index in [1.807, 2.05) is 24.3 Å².